The van der Waals surface area contributed by atoms with E-state index in [9.17, 15) is 14.4 Å². The van der Waals surface area contributed by atoms with E-state index in [1.165, 1.54) is 36.6 Å². The molecular formula is C22H21NO6. The molecule has 1 aliphatic carbocycles. The molecule has 0 radical (unpaired) electrons. The maximum absolute atomic E-state index is 12.3. The van der Waals surface area contributed by atoms with E-state index in [-0.39, 0.29) is 18.3 Å². The number of anilines is 1. The Hall–Kier alpha value is -3.35. The van der Waals surface area contributed by atoms with Crippen LogP contribution in [0.3, 0.4) is 0 Å². The first-order chi connectivity index (χ1) is 14.0. The van der Waals surface area contributed by atoms with Crippen LogP contribution >= 0.6 is 0 Å². The van der Waals surface area contributed by atoms with E-state index < -0.39 is 18.5 Å². The van der Waals surface area contributed by atoms with Crippen LogP contribution in [0.15, 0.2) is 30.3 Å². The lowest BCUT2D eigenvalue weighted by molar-refractivity contribution is -0.119. The van der Waals surface area contributed by atoms with Gasteiger partial charge in [0.25, 0.3) is 5.91 Å². The highest BCUT2D eigenvalue weighted by molar-refractivity contribution is 6.05. The molecule has 0 unspecified atom stereocenters. The van der Waals surface area contributed by atoms with Gasteiger partial charge in [-0.25, -0.2) is 4.79 Å². The van der Waals surface area contributed by atoms with Gasteiger partial charge >= 0.3 is 5.97 Å². The number of ketones is 1. The number of carbonyl (C=O) groups excluding carboxylic acids is 3. The van der Waals surface area contributed by atoms with Crippen molar-refractivity contribution in [1.82, 2.24) is 0 Å². The molecule has 2 aromatic carbocycles. The molecule has 7 nitrogen and oxygen atoms in total. The zero-order valence-corrected chi connectivity index (χ0v) is 16.1. The largest absolute Gasteiger partial charge is 0.454 e. The predicted molar refractivity (Wildman–Crippen MR) is 105 cm³/mol. The topological polar surface area (TPSA) is 90.9 Å². The van der Waals surface area contributed by atoms with E-state index >= 15 is 0 Å². The highest BCUT2D eigenvalue weighted by atomic mass is 16.7. The molecule has 0 aromatic heterocycles. The normalized spacial score (nSPS) is 14.1. The minimum Gasteiger partial charge on any atom is -0.454 e. The second-order valence-corrected chi connectivity index (χ2v) is 7.12. The number of amides is 1. The van der Waals surface area contributed by atoms with Crippen molar-refractivity contribution in [1.29, 1.82) is 0 Å². The van der Waals surface area contributed by atoms with Gasteiger partial charge in [-0.3, -0.25) is 9.59 Å². The standard InChI is InChI=1S/C22H21NO6/c1-13(24)17-9-19-20(29-12-28-19)10-18(17)23-21(25)11-27-22(26)16-7-6-14-4-2-3-5-15(14)8-16/h6-10H,2-5,11-12H2,1H3,(H,23,25). The summed E-state index contributed by atoms with van der Waals surface area (Å²) in [6.07, 6.45) is 4.26. The highest BCUT2D eigenvalue weighted by Gasteiger charge is 2.21. The van der Waals surface area contributed by atoms with E-state index in [2.05, 4.69) is 5.32 Å². The molecule has 1 aliphatic heterocycles. The number of carbonyl (C=O) groups is 3. The van der Waals surface area contributed by atoms with Crippen LogP contribution in [0.2, 0.25) is 0 Å². The number of nitrogens with one attached hydrogen (secondary N) is 1. The van der Waals surface area contributed by atoms with E-state index in [4.69, 9.17) is 14.2 Å². The van der Waals surface area contributed by atoms with Crippen LogP contribution in [0.25, 0.3) is 0 Å². The number of ether oxygens (including phenoxy) is 3. The first-order valence-corrected chi connectivity index (χ1v) is 9.54. The molecule has 0 saturated heterocycles. The number of hydrogen-bond donors (Lipinski definition) is 1. The van der Waals surface area contributed by atoms with Crippen molar-refractivity contribution in [2.75, 3.05) is 18.7 Å². The van der Waals surface area contributed by atoms with Crippen LogP contribution in [0.1, 0.15) is 51.6 Å². The lowest BCUT2D eigenvalue weighted by Crippen LogP contribution is -2.22. The molecule has 29 heavy (non-hydrogen) atoms. The van der Waals surface area contributed by atoms with Crippen LogP contribution in [-0.2, 0) is 22.4 Å². The minimum absolute atomic E-state index is 0.0580. The molecule has 0 spiro atoms. The van der Waals surface area contributed by atoms with Crippen LogP contribution in [-0.4, -0.2) is 31.1 Å². The first kappa shape index (κ1) is 19.0. The van der Waals surface area contributed by atoms with Crippen molar-refractivity contribution < 1.29 is 28.6 Å². The minimum atomic E-state index is -0.550. The van der Waals surface area contributed by atoms with Crippen molar-refractivity contribution in [2.45, 2.75) is 32.6 Å². The SMILES string of the molecule is CC(=O)c1cc2c(cc1NC(=O)COC(=O)c1ccc3c(c1)CCCC3)OCO2. The second-order valence-electron chi connectivity index (χ2n) is 7.12. The number of rotatable bonds is 5. The average molecular weight is 395 g/mol. The Morgan fingerprint density at radius 2 is 1.72 bits per heavy atom. The summed E-state index contributed by atoms with van der Waals surface area (Å²) in [5.41, 5.74) is 3.46. The third kappa shape index (κ3) is 4.08. The van der Waals surface area contributed by atoms with Crippen molar-refractivity contribution in [2.24, 2.45) is 0 Å². The Bertz CT molecular complexity index is 997. The highest BCUT2D eigenvalue weighted by Crippen LogP contribution is 2.37. The number of fused-ring (bicyclic) bond motifs is 2. The number of Topliss-reactive ketones (excluding diaryl/α,β-unsaturated/α-hetero) is 1. The summed E-state index contributed by atoms with van der Waals surface area (Å²) in [6, 6.07) is 8.59. The monoisotopic (exact) mass is 395 g/mol. The van der Waals surface area contributed by atoms with Crippen molar-refractivity contribution >= 4 is 23.3 Å². The Labute approximate surface area is 168 Å². The molecule has 0 saturated carbocycles. The van der Waals surface area contributed by atoms with Crippen molar-refractivity contribution in [3.63, 3.8) is 0 Å². The fourth-order valence-corrected chi connectivity index (χ4v) is 3.60. The van der Waals surface area contributed by atoms with Gasteiger partial charge in [0, 0.05) is 11.6 Å². The van der Waals surface area contributed by atoms with Gasteiger partial charge in [0.05, 0.1) is 11.3 Å². The number of esters is 1. The molecular weight excluding hydrogens is 374 g/mol. The fraction of sp³-hybridized carbons (Fsp3) is 0.318. The molecule has 0 bridgehead atoms. The summed E-state index contributed by atoms with van der Waals surface area (Å²) in [5, 5.41) is 2.61. The molecule has 1 heterocycles. The van der Waals surface area contributed by atoms with Gasteiger partial charge in [-0.15, -0.1) is 0 Å². The van der Waals surface area contributed by atoms with Crippen LogP contribution in [0, 0.1) is 0 Å². The zero-order valence-electron chi connectivity index (χ0n) is 16.1. The van der Waals surface area contributed by atoms with E-state index in [1.807, 2.05) is 12.1 Å². The summed E-state index contributed by atoms with van der Waals surface area (Å²) in [7, 11) is 0. The van der Waals surface area contributed by atoms with Gasteiger partial charge in [-0.2, -0.15) is 0 Å². The molecule has 2 aliphatic rings. The van der Waals surface area contributed by atoms with Gasteiger partial charge in [-0.05, 0) is 61.9 Å². The van der Waals surface area contributed by atoms with E-state index in [0.717, 1.165) is 19.3 Å². The Morgan fingerprint density at radius 1 is 1.00 bits per heavy atom. The lowest BCUT2D eigenvalue weighted by Gasteiger charge is -2.16. The van der Waals surface area contributed by atoms with Gasteiger partial charge in [0.2, 0.25) is 6.79 Å². The summed E-state index contributed by atoms with van der Waals surface area (Å²) >= 11 is 0. The van der Waals surface area contributed by atoms with Gasteiger partial charge in [0.15, 0.2) is 23.9 Å². The van der Waals surface area contributed by atoms with Crippen molar-refractivity contribution in [3.05, 3.63) is 52.6 Å². The van der Waals surface area contributed by atoms with Crippen molar-refractivity contribution in [3.8, 4) is 11.5 Å². The number of benzene rings is 2. The molecule has 1 N–H and O–H groups in total. The maximum Gasteiger partial charge on any atom is 0.338 e. The van der Waals surface area contributed by atoms with Crippen LogP contribution < -0.4 is 14.8 Å². The van der Waals surface area contributed by atoms with Crippen LogP contribution in [0.5, 0.6) is 11.5 Å². The summed E-state index contributed by atoms with van der Waals surface area (Å²) in [4.78, 5) is 36.5. The molecule has 2 aromatic rings. The Morgan fingerprint density at radius 3 is 2.48 bits per heavy atom. The molecule has 150 valence electrons. The third-order valence-electron chi connectivity index (χ3n) is 5.08. The summed E-state index contributed by atoms with van der Waals surface area (Å²) in [6.45, 7) is 0.994. The number of aryl methyl sites for hydroxylation is 2. The number of hydrogen-bond acceptors (Lipinski definition) is 6. The quantitative estimate of drug-likeness (QED) is 0.617. The summed E-state index contributed by atoms with van der Waals surface area (Å²) in [5.74, 6) is -0.434. The Kier molecular flexibility index (Phi) is 5.20. The molecule has 4 rings (SSSR count). The fourth-order valence-electron chi connectivity index (χ4n) is 3.60. The van der Waals surface area contributed by atoms with Gasteiger partial charge < -0.3 is 19.5 Å². The lowest BCUT2D eigenvalue weighted by atomic mass is 9.90. The Balaban J connectivity index is 1.40. The third-order valence-corrected chi connectivity index (χ3v) is 5.08. The average Bonchev–Trinajstić information content (AvgIpc) is 3.18. The van der Waals surface area contributed by atoms with Gasteiger partial charge in [-0.1, -0.05) is 6.07 Å². The maximum atomic E-state index is 12.3. The molecule has 0 atom stereocenters. The van der Waals surface area contributed by atoms with E-state index in [0.29, 0.717) is 22.6 Å². The smallest absolute Gasteiger partial charge is 0.338 e. The molecule has 7 heteroatoms. The predicted octanol–water partition coefficient (Wildman–Crippen LogP) is 3.29. The van der Waals surface area contributed by atoms with Gasteiger partial charge in [0.1, 0.15) is 0 Å². The molecule has 1 amide bonds. The summed E-state index contributed by atoms with van der Waals surface area (Å²) < 4.78 is 15.7. The van der Waals surface area contributed by atoms with E-state index in [1.54, 1.807) is 6.07 Å². The van der Waals surface area contributed by atoms with Crippen LogP contribution in [0.4, 0.5) is 5.69 Å². The zero-order chi connectivity index (χ0) is 20.4. The first-order valence-electron chi connectivity index (χ1n) is 9.54. The second kappa shape index (κ2) is 7.95. The molecule has 0 fully saturated rings.